The van der Waals surface area contributed by atoms with Gasteiger partial charge in [0.1, 0.15) is 0 Å². The van der Waals surface area contributed by atoms with E-state index in [0.717, 1.165) is 11.3 Å². The molecule has 0 bridgehead atoms. The van der Waals surface area contributed by atoms with Crippen molar-refractivity contribution >= 4 is 34.4 Å². The van der Waals surface area contributed by atoms with Crippen LogP contribution in [0.15, 0.2) is 35.9 Å². The van der Waals surface area contributed by atoms with Gasteiger partial charge in [0.25, 0.3) is 0 Å². The Bertz CT molecular complexity index is 858. The summed E-state index contributed by atoms with van der Waals surface area (Å²) in [6.07, 6.45) is 6.30. The molecule has 2 aliphatic heterocycles. The third-order valence-electron chi connectivity index (χ3n) is 4.65. The lowest BCUT2D eigenvalue weighted by Gasteiger charge is -2.30. The normalized spacial score (nSPS) is 16.7. The number of carbonyl (C=O) groups excluding carboxylic acids is 2. The predicted octanol–water partition coefficient (Wildman–Crippen LogP) is 2.76. The first-order valence-electron chi connectivity index (χ1n) is 8.76. The third kappa shape index (κ3) is 4.11. The molecule has 0 unspecified atom stereocenters. The van der Waals surface area contributed by atoms with Crippen LogP contribution < -0.4 is 14.8 Å². The third-order valence-corrected chi connectivity index (χ3v) is 5.34. The number of rotatable bonds is 4. The summed E-state index contributed by atoms with van der Waals surface area (Å²) in [7, 11) is 0. The maximum Gasteiger partial charge on any atom is 0.246 e. The lowest BCUT2D eigenvalue weighted by atomic mass is 9.96. The van der Waals surface area contributed by atoms with E-state index in [-0.39, 0.29) is 24.5 Å². The Morgan fingerprint density at radius 3 is 2.81 bits per heavy atom. The maximum absolute atomic E-state index is 12.4. The molecule has 0 spiro atoms. The van der Waals surface area contributed by atoms with Gasteiger partial charge >= 0.3 is 0 Å². The molecule has 7 nitrogen and oxygen atoms in total. The Hall–Kier alpha value is -2.87. The number of carbonyl (C=O) groups is 2. The Balaban J connectivity index is 1.29. The molecule has 1 saturated heterocycles. The highest BCUT2D eigenvalue weighted by molar-refractivity contribution is 7.13. The van der Waals surface area contributed by atoms with Gasteiger partial charge in [0.05, 0.1) is 0 Å². The second-order valence-electron chi connectivity index (χ2n) is 6.37. The molecule has 0 aliphatic carbocycles. The summed E-state index contributed by atoms with van der Waals surface area (Å²) < 4.78 is 10.6. The lowest BCUT2D eigenvalue weighted by Crippen LogP contribution is -2.40. The fourth-order valence-corrected chi connectivity index (χ4v) is 3.68. The van der Waals surface area contributed by atoms with Gasteiger partial charge in [0.2, 0.25) is 18.6 Å². The zero-order valence-electron chi connectivity index (χ0n) is 14.6. The molecule has 2 aliphatic rings. The first-order valence-corrected chi connectivity index (χ1v) is 9.64. The summed E-state index contributed by atoms with van der Waals surface area (Å²) in [5, 5.41) is 5.27. The average Bonchev–Trinajstić information content (AvgIpc) is 3.37. The molecule has 8 heteroatoms. The van der Waals surface area contributed by atoms with Crippen molar-refractivity contribution in [1.82, 2.24) is 9.88 Å². The molecule has 27 heavy (non-hydrogen) atoms. The van der Waals surface area contributed by atoms with E-state index in [9.17, 15) is 9.59 Å². The fourth-order valence-electron chi connectivity index (χ4n) is 3.14. The van der Waals surface area contributed by atoms with Crippen LogP contribution in [0, 0.1) is 5.92 Å². The van der Waals surface area contributed by atoms with Crippen molar-refractivity contribution in [2.45, 2.75) is 12.8 Å². The molecule has 3 heterocycles. The number of ether oxygens (including phenoxy) is 2. The molecule has 0 saturated carbocycles. The number of anilines is 1. The zero-order chi connectivity index (χ0) is 18.6. The van der Waals surface area contributed by atoms with Crippen molar-refractivity contribution in [2.24, 2.45) is 5.92 Å². The molecule has 4 rings (SSSR count). The molecule has 140 valence electrons. The number of hydrogen-bond acceptors (Lipinski definition) is 6. The number of thiazole rings is 1. The van der Waals surface area contributed by atoms with Crippen molar-refractivity contribution in [3.8, 4) is 11.5 Å². The van der Waals surface area contributed by atoms with Gasteiger partial charge in [-0.25, -0.2) is 4.98 Å². The predicted molar refractivity (Wildman–Crippen MR) is 102 cm³/mol. The smallest absolute Gasteiger partial charge is 0.246 e. The lowest BCUT2D eigenvalue weighted by molar-refractivity contribution is -0.130. The van der Waals surface area contributed by atoms with Gasteiger partial charge < -0.3 is 19.7 Å². The topological polar surface area (TPSA) is 80.8 Å². The van der Waals surface area contributed by atoms with Crippen LogP contribution in [-0.4, -0.2) is 41.6 Å². The highest BCUT2D eigenvalue weighted by atomic mass is 32.1. The molecule has 2 amide bonds. The quantitative estimate of drug-likeness (QED) is 0.819. The number of aromatic nitrogens is 1. The minimum Gasteiger partial charge on any atom is -0.454 e. The van der Waals surface area contributed by atoms with Gasteiger partial charge in [-0.2, -0.15) is 0 Å². The molecule has 1 aromatic heterocycles. The highest BCUT2D eigenvalue weighted by Crippen LogP contribution is 2.32. The fraction of sp³-hybridized carbons (Fsp3) is 0.316. The summed E-state index contributed by atoms with van der Waals surface area (Å²) in [4.78, 5) is 30.5. The van der Waals surface area contributed by atoms with Gasteiger partial charge in [0, 0.05) is 36.7 Å². The van der Waals surface area contributed by atoms with Crippen LogP contribution in [0.25, 0.3) is 6.08 Å². The minimum atomic E-state index is -0.0872. The molecule has 1 fully saturated rings. The maximum atomic E-state index is 12.4. The molecular formula is C19H19N3O4S. The number of fused-ring (bicyclic) bond motifs is 1. The van der Waals surface area contributed by atoms with Crippen LogP contribution in [0.5, 0.6) is 11.5 Å². The molecule has 2 aromatic rings. The van der Waals surface area contributed by atoms with Crippen LogP contribution in [0.1, 0.15) is 18.4 Å². The van der Waals surface area contributed by atoms with Crippen LogP contribution >= 0.6 is 11.3 Å². The SMILES string of the molecule is O=C(Nc1nccs1)C1CCN(C(=O)/C=C/c2ccc3c(c2)OCO3)CC1. The van der Waals surface area contributed by atoms with Crippen LogP contribution in [0.4, 0.5) is 5.13 Å². The first-order chi connectivity index (χ1) is 13.2. The van der Waals surface area contributed by atoms with Gasteiger partial charge in [0.15, 0.2) is 16.6 Å². The van der Waals surface area contributed by atoms with Crippen molar-refractivity contribution < 1.29 is 19.1 Å². The largest absolute Gasteiger partial charge is 0.454 e. The van der Waals surface area contributed by atoms with Crippen molar-refractivity contribution in [1.29, 1.82) is 0 Å². The summed E-state index contributed by atoms with van der Waals surface area (Å²) in [5.41, 5.74) is 0.880. The first kappa shape index (κ1) is 17.5. The zero-order valence-corrected chi connectivity index (χ0v) is 15.4. The summed E-state index contributed by atoms with van der Waals surface area (Å²) in [5.74, 6) is 1.25. The van der Waals surface area contributed by atoms with E-state index in [1.54, 1.807) is 23.2 Å². The Labute approximate surface area is 160 Å². The molecule has 0 atom stereocenters. The van der Waals surface area contributed by atoms with E-state index < -0.39 is 0 Å². The molecule has 0 radical (unpaired) electrons. The van der Waals surface area contributed by atoms with Crippen LogP contribution in [-0.2, 0) is 9.59 Å². The van der Waals surface area contributed by atoms with E-state index >= 15 is 0 Å². The average molecular weight is 385 g/mol. The van der Waals surface area contributed by atoms with Gasteiger partial charge in [-0.15, -0.1) is 11.3 Å². The number of nitrogens with zero attached hydrogens (tertiary/aromatic N) is 2. The van der Waals surface area contributed by atoms with Crippen LogP contribution in [0.3, 0.4) is 0 Å². The number of hydrogen-bond donors (Lipinski definition) is 1. The number of likely N-dealkylation sites (tertiary alicyclic amines) is 1. The number of nitrogens with one attached hydrogen (secondary N) is 1. The Kier molecular flexibility index (Phi) is 5.06. The monoisotopic (exact) mass is 385 g/mol. The van der Waals surface area contributed by atoms with E-state index in [2.05, 4.69) is 10.3 Å². The van der Waals surface area contributed by atoms with Crippen molar-refractivity contribution in [3.05, 3.63) is 41.4 Å². The molecule has 1 aromatic carbocycles. The van der Waals surface area contributed by atoms with Gasteiger partial charge in [-0.3, -0.25) is 9.59 Å². The molecular weight excluding hydrogens is 366 g/mol. The van der Waals surface area contributed by atoms with Crippen molar-refractivity contribution in [2.75, 3.05) is 25.2 Å². The van der Waals surface area contributed by atoms with Gasteiger partial charge in [-0.1, -0.05) is 6.07 Å². The summed E-state index contributed by atoms with van der Waals surface area (Å²) >= 11 is 1.40. The van der Waals surface area contributed by atoms with Gasteiger partial charge in [-0.05, 0) is 36.6 Å². The van der Waals surface area contributed by atoms with E-state index in [0.29, 0.717) is 36.8 Å². The van der Waals surface area contributed by atoms with E-state index in [1.807, 2.05) is 23.6 Å². The number of amides is 2. The minimum absolute atomic E-state index is 0.0204. The summed E-state index contributed by atoms with van der Waals surface area (Å²) in [6, 6.07) is 5.56. The Morgan fingerprint density at radius 2 is 2.04 bits per heavy atom. The van der Waals surface area contributed by atoms with Crippen molar-refractivity contribution in [3.63, 3.8) is 0 Å². The molecule has 1 N–H and O–H groups in total. The second kappa shape index (κ2) is 7.79. The number of piperidine rings is 1. The highest BCUT2D eigenvalue weighted by Gasteiger charge is 2.27. The van der Waals surface area contributed by atoms with E-state index in [4.69, 9.17) is 9.47 Å². The second-order valence-corrected chi connectivity index (χ2v) is 7.27. The van der Waals surface area contributed by atoms with E-state index in [1.165, 1.54) is 11.3 Å². The Morgan fingerprint density at radius 1 is 1.22 bits per heavy atom. The standard InChI is InChI=1S/C19H19N3O4S/c23-17(4-2-13-1-3-15-16(11-13)26-12-25-15)22-8-5-14(6-9-22)18(24)21-19-20-7-10-27-19/h1-4,7,10-11,14H,5-6,8-9,12H2,(H,20,21,24)/b4-2+. The van der Waals surface area contributed by atoms with Crippen LogP contribution in [0.2, 0.25) is 0 Å². The number of benzene rings is 1. The summed E-state index contributed by atoms with van der Waals surface area (Å²) in [6.45, 7) is 1.37.